The van der Waals surface area contributed by atoms with Gasteiger partial charge >= 0.3 is 6.03 Å². The Morgan fingerprint density at radius 1 is 1.15 bits per heavy atom. The van der Waals surface area contributed by atoms with Crippen molar-refractivity contribution in [2.24, 2.45) is 0 Å². The zero-order valence-corrected chi connectivity index (χ0v) is 17.1. The van der Waals surface area contributed by atoms with Crippen LogP contribution in [0.3, 0.4) is 0 Å². The van der Waals surface area contributed by atoms with Gasteiger partial charge in [-0.05, 0) is 51.0 Å². The standard InChI is InChI=1S/C19H24N4O2S2/c1-11-20-17(16-13-8-4-5-9-14(13)27-18(16)21-11)26-10-15(24)23-19(25)22-12-6-2-3-7-12/h12H,2-10H2,1H3,(H2,22,23,24,25). The van der Waals surface area contributed by atoms with Gasteiger partial charge in [-0.2, -0.15) is 0 Å². The lowest BCUT2D eigenvalue weighted by atomic mass is 9.97. The Labute approximate surface area is 166 Å². The lowest BCUT2D eigenvalue weighted by Crippen LogP contribution is -2.44. The topological polar surface area (TPSA) is 84.0 Å². The summed E-state index contributed by atoms with van der Waals surface area (Å²) in [7, 11) is 0. The molecule has 0 atom stereocenters. The van der Waals surface area contributed by atoms with Crippen LogP contribution in [-0.4, -0.2) is 33.7 Å². The lowest BCUT2D eigenvalue weighted by Gasteiger charge is -2.13. The Morgan fingerprint density at radius 2 is 1.93 bits per heavy atom. The molecule has 0 spiro atoms. The minimum Gasteiger partial charge on any atom is -0.335 e. The highest BCUT2D eigenvalue weighted by Crippen LogP contribution is 2.39. The van der Waals surface area contributed by atoms with E-state index in [-0.39, 0.29) is 23.7 Å². The minimum atomic E-state index is -0.385. The van der Waals surface area contributed by atoms with E-state index in [0.717, 1.165) is 59.6 Å². The second kappa shape index (κ2) is 8.14. The molecule has 3 amide bonds. The zero-order chi connectivity index (χ0) is 18.8. The van der Waals surface area contributed by atoms with Crippen LogP contribution in [0.5, 0.6) is 0 Å². The van der Waals surface area contributed by atoms with Gasteiger partial charge in [-0.15, -0.1) is 11.3 Å². The van der Waals surface area contributed by atoms with Crippen LogP contribution in [0.25, 0.3) is 10.2 Å². The fraction of sp³-hybridized carbons (Fsp3) is 0.579. The fourth-order valence-electron chi connectivity index (χ4n) is 3.92. The molecular formula is C19H24N4O2S2. The van der Waals surface area contributed by atoms with Crippen LogP contribution in [0.2, 0.25) is 0 Å². The molecule has 2 aliphatic rings. The first-order valence-corrected chi connectivity index (χ1v) is 11.4. The zero-order valence-electron chi connectivity index (χ0n) is 15.5. The fourth-order valence-corrected chi connectivity index (χ4v) is 6.19. The molecule has 0 bridgehead atoms. The summed E-state index contributed by atoms with van der Waals surface area (Å²) in [4.78, 5) is 35.8. The predicted octanol–water partition coefficient (Wildman–Crippen LogP) is 3.74. The molecular weight excluding hydrogens is 380 g/mol. The average molecular weight is 405 g/mol. The molecule has 1 fully saturated rings. The second-order valence-electron chi connectivity index (χ2n) is 7.26. The third kappa shape index (κ3) is 4.27. The number of urea groups is 1. The molecule has 2 N–H and O–H groups in total. The number of carbonyl (C=O) groups is 2. The van der Waals surface area contributed by atoms with E-state index in [1.165, 1.54) is 35.0 Å². The molecule has 2 aliphatic carbocycles. The van der Waals surface area contributed by atoms with Crippen molar-refractivity contribution in [2.45, 2.75) is 69.4 Å². The maximum Gasteiger partial charge on any atom is 0.321 e. The first-order valence-electron chi connectivity index (χ1n) is 9.62. The van der Waals surface area contributed by atoms with E-state index < -0.39 is 0 Å². The van der Waals surface area contributed by atoms with Gasteiger partial charge in [0.1, 0.15) is 15.7 Å². The first kappa shape index (κ1) is 18.7. The summed E-state index contributed by atoms with van der Waals surface area (Å²) in [6, 6.07) is -0.184. The largest absolute Gasteiger partial charge is 0.335 e. The molecule has 0 aliphatic heterocycles. The van der Waals surface area contributed by atoms with Gasteiger partial charge in [-0.1, -0.05) is 24.6 Å². The SMILES string of the molecule is Cc1nc(SCC(=O)NC(=O)NC2CCCC2)c2c3c(sc2n1)CCCC3. The summed E-state index contributed by atoms with van der Waals surface area (Å²) < 4.78 is 0. The summed E-state index contributed by atoms with van der Waals surface area (Å²) >= 11 is 3.16. The van der Waals surface area contributed by atoms with Crippen molar-refractivity contribution < 1.29 is 9.59 Å². The van der Waals surface area contributed by atoms with Crippen LogP contribution in [0.15, 0.2) is 5.03 Å². The second-order valence-corrected chi connectivity index (χ2v) is 9.31. The highest BCUT2D eigenvalue weighted by molar-refractivity contribution is 8.00. The Balaban J connectivity index is 1.43. The monoisotopic (exact) mass is 404 g/mol. The maximum atomic E-state index is 12.2. The highest BCUT2D eigenvalue weighted by atomic mass is 32.2. The van der Waals surface area contributed by atoms with Crippen LogP contribution in [0.1, 0.15) is 54.8 Å². The molecule has 0 aromatic carbocycles. The normalized spacial score (nSPS) is 17.1. The number of rotatable bonds is 4. The number of amides is 3. The van der Waals surface area contributed by atoms with Crippen molar-refractivity contribution in [2.75, 3.05) is 5.75 Å². The number of hydrogen-bond donors (Lipinski definition) is 2. The van der Waals surface area contributed by atoms with Gasteiger partial charge < -0.3 is 5.32 Å². The van der Waals surface area contributed by atoms with E-state index in [9.17, 15) is 9.59 Å². The smallest absolute Gasteiger partial charge is 0.321 e. The first-order chi connectivity index (χ1) is 13.1. The number of carbonyl (C=O) groups excluding carboxylic acids is 2. The summed E-state index contributed by atoms with van der Waals surface area (Å²) in [5.74, 6) is 0.612. The molecule has 6 nitrogen and oxygen atoms in total. The number of hydrogen-bond acceptors (Lipinski definition) is 6. The number of thioether (sulfide) groups is 1. The van der Waals surface area contributed by atoms with Crippen molar-refractivity contribution in [1.82, 2.24) is 20.6 Å². The van der Waals surface area contributed by atoms with E-state index in [1.807, 2.05) is 6.92 Å². The number of nitrogens with one attached hydrogen (secondary N) is 2. The molecule has 0 saturated heterocycles. The van der Waals surface area contributed by atoms with Crippen LogP contribution < -0.4 is 10.6 Å². The molecule has 0 radical (unpaired) electrons. The number of thiophene rings is 1. The van der Waals surface area contributed by atoms with E-state index >= 15 is 0 Å². The van der Waals surface area contributed by atoms with E-state index in [4.69, 9.17) is 0 Å². The van der Waals surface area contributed by atoms with Gasteiger partial charge in [-0.3, -0.25) is 10.1 Å². The molecule has 2 heterocycles. The van der Waals surface area contributed by atoms with Crippen LogP contribution in [0.4, 0.5) is 4.79 Å². The third-order valence-corrected chi connectivity index (χ3v) is 7.34. The van der Waals surface area contributed by atoms with E-state index in [1.54, 1.807) is 11.3 Å². The molecule has 1 saturated carbocycles. The minimum absolute atomic E-state index is 0.175. The van der Waals surface area contributed by atoms with E-state index in [0.29, 0.717) is 0 Å². The number of imide groups is 1. The Hall–Kier alpha value is -1.67. The summed E-state index contributed by atoms with van der Waals surface area (Å²) in [5, 5.41) is 7.31. The van der Waals surface area contributed by atoms with Gasteiger partial charge in [0.25, 0.3) is 0 Å². The van der Waals surface area contributed by atoms with Crippen molar-refractivity contribution in [3.8, 4) is 0 Å². The Kier molecular flexibility index (Phi) is 5.63. The van der Waals surface area contributed by atoms with Gasteiger partial charge in [-0.25, -0.2) is 14.8 Å². The molecule has 2 aromatic heterocycles. The highest BCUT2D eigenvalue weighted by Gasteiger charge is 2.22. The molecule has 2 aromatic rings. The van der Waals surface area contributed by atoms with Crippen LogP contribution in [0, 0.1) is 6.92 Å². The quantitative estimate of drug-likeness (QED) is 0.599. The summed E-state index contributed by atoms with van der Waals surface area (Å²) in [5.41, 5.74) is 1.36. The molecule has 27 heavy (non-hydrogen) atoms. The van der Waals surface area contributed by atoms with Gasteiger partial charge in [0, 0.05) is 16.3 Å². The lowest BCUT2D eigenvalue weighted by molar-refractivity contribution is -0.117. The number of aryl methyl sites for hydroxylation is 3. The molecule has 4 rings (SSSR count). The number of aromatic nitrogens is 2. The van der Waals surface area contributed by atoms with Crippen molar-refractivity contribution in [3.63, 3.8) is 0 Å². The number of nitrogens with zero attached hydrogens (tertiary/aromatic N) is 2. The van der Waals surface area contributed by atoms with E-state index in [2.05, 4.69) is 20.6 Å². The van der Waals surface area contributed by atoms with Gasteiger partial charge in [0.2, 0.25) is 5.91 Å². The van der Waals surface area contributed by atoms with Crippen LogP contribution >= 0.6 is 23.1 Å². The van der Waals surface area contributed by atoms with Gasteiger partial charge in [0.15, 0.2) is 0 Å². The molecule has 0 unspecified atom stereocenters. The number of fused-ring (bicyclic) bond motifs is 3. The summed E-state index contributed by atoms with van der Waals surface area (Å²) in [6.07, 6.45) is 8.87. The average Bonchev–Trinajstić information content (AvgIpc) is 3.26. The van der Waals surface area contributed by atoms with Gasteiger partial charge in [0.05, 0.1) is 5.75 Å². The Morgan fingerprint density at radius 3 is 2.74 bits per heavy atom. The van der Waals surface area contributed by atoms with Crippen molar-refractivity contribution in [3.05, 3.63) is 16.3 Å². The van der Waals surface area contributed by atoms with Crippen LogP contribution in [-0.2, 0) is 17.6 Å². The van der Waals surface area contributed by atoms with Crippen molar-refractivity contribution >= 4 is 45.3 Å². The molecule has 8 heteroatoms. The maximum absolute atomic E-state index is 12.2. The molecule has 144 valence electrons. The summed E-state index contributed by atoms with van der Waals surface area (Å²) in [6.45, 7) is 1.89. The third-order valence-electron chi connectivity index (χ3n) is 5.18. The Bertz CT molecular complexity index is 874. The van der Waals surface area contributed by atoms with Crippen molar-refractivity contribution in [1.29, 1.82) is 0 Å². The predicted molar refractivity (Wildman–Crippen MR) is 108 cm³/mol.